The predicted octanol–water partition coefficient (Wildman–Crippen LogP) is 1.89. The molecule has 0 aliphatic carbocycles. The number of piperidine rings is 1. The fourth-order valence-electron chi connectivity index (χ4n) is 2.00. The maximum Gasteiger partial charge on any atom is 0.217 e. The standard InChI is InChI=1S/C10H14ClN3OS/c11-8-6-16-10(13-8)14-3-1-7(2-4-14)5-9(12)15/h6-7H,1-5H2,(H2,12,15). The Morgan fingerprint density at radius 2 is 2.31 bits per heavy atom. The van der Waals surface area contributed by atoms with Crippen LogP contribution in [0.25, 0.3) is 0 Å². The molecule has 1 fully saturated rings. The molecule has 1 saturated heterocycles. The van der Waals surface area contributed by atoms with Crippen molar-refractivity contribution >= 4 is 34.0 Å². The van der Waals surface area contributed by atoms with Crippen molar-refractivity contribution in [1.29, 1.82) is 0 Å². The number of nitrogens with two attached hydrogens (primary N) is 1. The normalized spacial score (nSPS) is 17.7. The van der Waals surface area contributed by atoms with Crippen molar-refractivity contribution < 1.29 is 4.79 Å². The van der Waals surface area contributed by atoms with Crippen LogP contribution < -0.4 is 10.6 Å². The lowest BCUT2D eigenvalue weighted by Gasteiger charge is -2.31. The number of hydrogen-bond acceptors (Lipinski definition) is 4. The van der Waals surface area contributed by atoms with E-state index in [1.165, 1.54) is 0 Å². The fraction of sp³-hybridized carbons (Fsp3) is 0.600. The average Bonchev–Trinajstić information content (AvgIpc) is 2.65. The van der Waals surface area contributed by atoms with Gasteiger partial charge < -0.3 is 10.6 Å². The van der Waals surface area contributed by atoms with Gasteiger partial charge in [0, 0.05) is 24.9 Å². The highest BCUT2D eigenvalue weighted by atomic mass is 35.5. The van der Waals surface area contributed by atoms with E-state index in [0.29, 0.717) is 17.5 Å². The lowest BCUT2D eigenvalue weighted by atomic mass is 9.94. The molecule has 1 aliphatic rings. The summed E-state index contributed by atoms with van der Waals surface area (Å²) in [7, 11) is 0. The summed E-state index contributed by atoms with van der Waals surface area (Å²) in [6.07, 6.45) is 2.51. The van der Waals surface area contributed by atoms with Crippen LogP contribution in [0.3, 0.4) is 0 Å². The maximum atomic E-state index is 10.8. The molecule has 1 aliphatic heterocycles. The number of primary amides is 1. The molecule has 0 atom stereocenters. The molecule has 2 N–H and O–H groups in total. The predicted molar refractivity (Wildman–Crippen MR) is 65.9 cm³/mol. The summed E-state index contributed by atoms with van der Waals surface area (Å²) in [4.78, 5) is 17.3. The highest BCUT2D eigenvalue weighted by Crippen LogP contribution is 2.28. The van der Waals surface area contributed by atoms with Gasteiger partial charge in [-0.05, 0) is 18.8 Å². The van der Waals surface area contributed by atoms with Gasteiger partial charge in [0.25, 0.3) is 0 Å². The van der Waals surface area contributed by atoms with Crippen molar-refractivity contribution in [2.24, 2.45) is 11.7 Å². The second-order valence-electron chi connectivity index (χ2n) is 4.05. The van der Waals surface area contributed by atoms with Crippen LogP contribution in [-0.2, 0) is 4.79 Å². The molecule has 6 heteroatoms. The second kappa shape index (κ2) is 5.01. The third kappa shape index (κ3) is 2.86. The summed E-state index contributed by atoms with van der Waals surface area (Å²) < 4.78 is 0. The van der Waals surface area contributed by atoms with Gasteiger partial charge in [-0.3, -0.25) is 4.79 Å². The van der Waals surface area contributed by atoms with Crippen molar-refractivity contribution in [3.05, 3.63) is 10.5 Å². The molecule has 0 radical (unpaired) electrons. The zero-order valence-corrected chi connectivity index (χ0v) is 10.4. The first kappa shape index (κ1) is 11.7. The molecule has 4 nitrogen and oxygen atoms in total. The molecule has 2 rings (SSSR count). The van der Waals surface area contributed by atoms with Crippen LogP contribution >= 0.6 is 22.9 Å². The summed E-state index contributed by atoms with van der Waals surface area (Å²) in [6.45, 7) is 1.86. The maximum absolute atomic E-state index is 10.8. The highest BCUT2D eigenvalue weighted by molar-refractivity contribution is 7.14. The largest absolute Gasteiger partial charge is 0.370 e. The second-order valence-corrected chi connectivity index (χ2v) is 5.28. The Labute approximate surface area is 103 Å². The lowest BCUT2D eigenvalue weighted by Crippen LogP contribution is -2.34. The fourth-order valence-corrected chi connectivity index (χ4v) is 3.01. The van der Waals surface area contributed by atoms with Gasteiger partial charge >= 0.3 is 0 Å². The van der Waals surface area contributed by atoms with E-state index < -0.39 is 0 Å². The first-order chi connectivity index (χ1) is 7.65. The third-order valence-electron chi connectivity index (χ3n) is 2.84. The molecule has 1 amide bonds. The Balaban J connectivity index is 1.87. The van der Waals surface area contributed by atoms with Gasteiger partial charge in [0.15, 0.2) is 5.13 Å². The number of carbonyl (C=O) groups excluding carboxylic acids is 1. The van der Waals surface area contributed by atoms with E-state index in [1.807, 2.05) is 5.38 Å². The lowest BCUT2D eigenvalue weighted by molar-refractivity contribution is -0.119. The SMILES string of the molecule is NC(=O)CC1CCN(c2nc(Cl)cs2)CC1. The molecular formula is C10H14ClN3OS. The van der Waals surface area contributed by atoms with Gasteiger partial charge in [0.05, 0.1) is 0 Å². The quantitative estimate of drug-likeness (QED) is 0.902. The molecule has 2 heterocycles. The Morgan fingerprint density at radius 3 is 2.81 bits per heavy atom. The van der Waals surface area contributed by atoms with E-state index in [1.54, 1.807) is 11.3 Å². The summed E-state index contributed by atoms with van der Waals surface area (Å²) in [5.74, 6) is 0.236. The number of nitrogens with zero attached hydrogens (tertiary/aromatic N) is 2. The van der Waals surface area contributed by atoms with E-state index in [0.717, 1.165) is 31.1 Å². The number of thiazole rings is 1. The molecule has 1 aromatic rings. The molecule has 1 aromatic heterocycles. The Morgan fingerprint density at radius 1 is 1.62 bits per heavy atom. The zero-order valence-electron chi connectivity index (χ0n) is 8.86. The van der Waals surface area contributed by atoms with Crippen LogP contribution in [0.4, 0.5) is 5.13 Å². The molecule has 0 unspecified atom stereocenters. The minimum atomic E-state index is -0.198. The number of hydrogen-bond donors (Lipinski definition) is 1. The van der Waals surface area contributed by atoms with Crippen molar-refractivity contribution in [2.45, 2.75) is 19.3 Å². The molecule has 0 aromatic carbocycles. The van der Waals surface area contributed by atoms with Gasteiger partial charge in [-0.2, -0.15) is 0 Å². The van der Waals surface area contributed by atoms with Gasteiger partial charge in [0.2, 0.25) is 5.91 Å². The van der Waals surface area contributed by atoms with E-state index >= 15 is 0 Å². The van der Waals surface area contributed by atoms with Crippen LogP contribution in [0.15, 0.2) is 5.38 Å². The first-order valence-corrected chi connectivity index (χ1v) is 6.55. The number of carbonyl (C=O) groups is 1. The minimum Gasteiger partial charge on any atom is -0.370 e. The average molecular weight is 260 g/mol. The summed E-state index contributed by atoms with van der Waals surface area (Å²) in [6, 6.07) is 0. The summed E-state index contributed by atoms with van der Waals surface area (Å²) in [5.41, 5.74) is 5.19. The minimum absolute atomic E-state index is 0.198. The number of halogens is 1. The van der Waals surface area contributed by atoms with Crippen molar-refractivity contribution in [3.63, 3.8) is 0 Å². The Kier molecular flexibility index (Phi) is 3.66. The van der Waals surface area contributed by atoms with Gasteiger partial charge in [-0.15, -0.1) is 11.3 Å². The molecular weight excluding hydrogens is 246 g/mol. The van der Waals surface area contributed by atoms with Crippen LogP contribution in [0, 0.1) is 5.92 Å². The van der Waals surface area contributed by atoms with E-state index in [4.69, 9.17) is 17.3 Å². The van der Waals surface area contributed by atoms with Gasteiger partial charge in [0.1, 0.15) is 5.15 Å². The smallest absolute Gasteiger partial charge is 0.217 e. The summed E-state index contributed by atoms with van der Waals surface area (Å²) in [5, 5.41) is 3.37. The molecule has 88 valence electrons. The van der Waals surface area contributed by atoms with Crippen LogP contribution in [0.1, 0.15) is 19.3 Å². The number of amides is 1. The highest BCUT2D eigenvalue weighted by Gasteiger charge is 2.22. The van der Waals surface area contributed by atoms with Crippen molar-refractivity contribution in [1.82, 2.24) is 4.98 Å². The monoisotopic (exact) mass is 259 g/mol. The third-order valence-corrected chi connectivity index (χ3v) is 4.06. The van der Waals surface area contributed by atoms with Crippen molar-refractivity contribution in [3.8, 4) is 0 Å². The molecule has 0 spiro atoms. The van der Waals surface area contributed by atoms with Crippen LogP contribution in [0.5, 0.6) is 0 Å². The molecule has 16 heavy (non-hydrogen) atoms. The van der Waals surface area contributed by atoms with E-state index in [9.17, 15) is 4.79 Å². The number of anilines is 1. The summed E-state index contributed by atoms with van der Waals surface area (Å²) >= 11 is 7.35. The Bertz CT molecular complexity index is 374. The topological polar surface area (TPSA) is 59.2 Å². The van der Waals surface area contributed by atoms with E-state index in [2.05, 4.69) is 9.88 Å². The number of rotatable bonds is 3. The Hall–Kier alpha value is -0.810. The first-order valence-electron chi connectivity index (χ1n) is 5.29. The zero-order chi connectivity index (χ0) is 11.5. The van der Waals surface area contributed by atoms with Gasteiger partial charge in [-0.25, -0.2) is 4.98 Å². The molecule has 0 saturated carbocycles. The van der Waals surface area contributed by atoms with Crippen molar-refractivity contribution in [2.75, 3.05) is 18.0 Å². The van der Waals surface area contributed by atoms with Crippen LogP contribution in [0.2, 0.25) is 5.15 Å². The molecule has 0 bridgehead atoms. The van der Waals surface area contributed by atoms with Gasteiger partial charge in [-0.1, -0.05) is 11.6 Å². The number of aromatic nitrogens is 1. The van der Waals surface area contributed by atoms with Crippen LogP contribution in [-0.4, -0.2) is 24.0 Å². The van der Waals surface area contributed by atoms with E-state index in [-0.39, 0.29) is 5.91 Å².